The molecule has 0 bridgehead atoms. The first kappa shape index (κ1) is 21.5. The molecule has 1 fully saturated rings. The highest BCUT2D eigenvalue weighted by molar-refractivity contribution is 7.89. The lowest BCUT2D eigenvalue weighted by Crippen LogP contribution is -2.49. The Bertz CT molecular complexity index is 1040. The molecule has 0 spiro atoms. The van der Waals surface area contributed by atoms with Crippen LogP contribution in [0.5, 0.6) is 0 Å². The summed E-state index contributed by atoms with van der Waals surface area (Å²) in [5, 5.41) is 3.17. The molecule has 2 aromatic rings. The van der Waals surface area contributed by atoms with Crippen LogP contribution in [0.3, 0.4) is 0 Å². The molecule has 8 heteroatoms. The van der Waals surface area contributed by atoms with Crippen molar-refractivity contribution in [1.29, 1.82) is 0 Å². The minimum Gasteiger partial charge on any atom is -0.323 e. The van der Waals surface area contributed by atoms with Crippen LogP contribution in [0.25, 0.3) is 0 Å². The Morgan fingerprint density at radius 2 is 1.79 bits per heavy atom. The van der Waals surface area contributed by atoms with Gasteiger partial charge >= 0.3 is 0 Å². The number of carbonyl (C=O) groups excluding carboxylic acids is 2. The summed E-state index contributed by atoms with van der Waals surface area (Å²) >= 11 is 6.20. The van der Waals surface area contributed by atoms with Crippen LogP contribution in [-0.2, 0) is 14.8 Å². The van der Waals surface area contributed by atoms with Gasteiger partial charge in [-0.25, -0.2) is 8.42 Å². The zero-order valence-corrected chi connectivity index (χ0v) is 17.9. The summed E-state index contributed by atoms with van der Waals surface area (Å²) in [6, 6.07) is 10.2. The van der Waals surface area contributed by atoms with Crippen molar-refractivity contribution in [1.82, 2.24) is 4.31 Å². The third-order valence-electron chi connectivity index (χ3n) is 5.01. The van der Waals surface area contributed by atoms with Gasteiger partial charge in [-0.3, -0.25) is 9.59 Å². The molecule has 1 unspecified atom stereocenters. The number of piperidine rings is 1. The van der Waals surface area contributed by atoms with Crippen molar-refractivity contribution in [2.75, 3.05) is 11.9 Å². The molecule has 1 atom stereocenters. The zero-order chi connectivity index (χ0) is 21.2. The summed E-state index contributed by atoms with van der Waals surface area (Å²) in [6.07, 6.45) is 1.87. The number of rotatable bonds is 5. The van der Waals surface area contributed by atoms with Crippen LogP contribution in [0, 0.1) is 6.92 Å². The van der Waals surface area contributed by atoms with E-state index >= 15 is 0 Å². The monoisotopic (exact) mass is 434 g/mol. The average molecular weight is 435 g/mol. The van der Waals surface area contributed by atoms with E-state index in [1.54, 1.807) is 12.1 Å². The number of ketones is 1. The van der Waals surface area contributed by atoms with Gasteiger partial charge in [-0.05, 0) is 56.5 Å². The quantitative estimate of drug-likeness (QED) is 0.720. The third-order valence-corrected chi connectivity index (χ3v) is 7.24. The minimum absolute atomic E-state index is 0.0653. The lowest BCUT2D eigenvalue weighted by Gasteiger charge is -2.33. The smallest absolute Gasteiger partial charge is 0.243 e. The largest absolute Gasteiger partial charge is 0.323 e. The summed E-state index contributed by atoms with van der Waals surface area (Å²) in [5.41, 5.74) is 1.85. The zero-order valence-electron chi connectivity index (χ0n) is 16.3. The number of nitrogens with zero attached hydrogens (tertiary/aromatic N) is 1. The maximum Gasteiger partial charge on any atom is 0.243 e. The predicted molar refractivity (Wildman–Crippen MR) is 113 cm³/mol. The minimum atomic E-state index is -3.88. The van der Waals surface area contributed by atoms with Gasteiger partial charge in [-0.15, -0.1) is 0 Å². The normalized spacial score (nSPS) is 17.7. The van der Waals surface area contributed by atoms with Crippen LogP contribution in [0.15, 0.2) is 47.4 Å². The third kappa shape index (κ3) is 4.69. The van der Waals surface area contributed by atoms with E-state index < -0.39 is 22.0 Å². The first-order valence-corrected chi connectivity index (χ1v) is 11.2. The maximum absolute atomic E-state index is 13.2. The molecule has 1 heterocycles. The number of aryl methyl sites for hydroxylation is 1. The van der Waals surface area contributed by atoms with Crippen LogP contribution in [0.2, 0.25) is 5.02 Å². The van der Waals surface area contributed by atoms with Crippen LogP contribution >= 0.6 is 11.6 Å². The summed E-state index contributed by atoms with van der Waals surface area (Å²) < 4.78 is 27.6. The number of halogens is 1. The lowest BCUT2D eigenvalue weighted by molar-refractivity contribution is -0.120. The lowest BCUT2D eigenvalue weighted by atomic mass is 10.0. The first-order valence-electron chi connectivity index (χ1n) is 9.40. The molecule has 0 aliphatic carbocycles. The van der Waals surface area contributed by atoms with Crippen LogP contribution in [-0.4, -0.2) is 37.0 Å². The molecule has 6 nitrogen and oxygen atoms in total. The Morgan fingerprint density at radius 3 is 2.41 bits per heavy atom. The number of carbonyl (C=O) groups is 2. The summed E-state index contributed by atoms with van der Waals surface area (Å²) in [4.78, 5) is 24.4. The van der Waals surface area contributed by atoms with E-state index in [0.29, 0.717) is 29.1 Å². The van der Waals surface area contributed by atoms with Gasteiger partial charge in [0, 0.05) is 12.1 Å². The highest BCUT2D eigenvalue weighted by atomic mass is 35.5. The van der Waals surface area contributed by atoms with E-state index in [4.69, 9.17) is 11.6 Å². The van der Waals surface area contributed by atoms with Crippen molar-refractivity contribution in [3.8, 4) is 0 Å². The summed E-state index contributed by atoms with van der Waals surface area (Å²) in [7, 11) is -3.88. The molecule has 1 N–H and O–H groups in total. The van der Waals surface area contributed by atoms with Gasteiger partial charge < -0.3 is 5.32 Å². The molecule has 1 aliphatic heterocycles. The van der Waals surface area contributed by atoms with Crippen molar-refractivity contribution in [2.45, 2.75) is 44.0 Å². The Labute approximate surface area is 175 Å². The van der Waals surface area contributed by atoms with Crippen molar-refractivity contribution in [3.63, 3.8) is 0 Å². The van der Waals surface area contributed by atoms with E-state index in [1.165, 1.54) is 35.5 Å². The highest BCUT2D eigenvalue weighted by Crippen LogP contribution is 2.28. The van der Waals surface area contributed by atoms with Gasteiger partial charge in [-0.2, -0.15) is 4.31 Å². The van der Waals surface area contributed by atoms with Crippen molar-refractivity contribution in [3.05, 3.63) is 58.6 Å². The van der Waals surface area contributed by atoms with E-state index in [-0.39, 0.29) is 17.2 Å². The topological polar surface area (TPSA) is 83.6 Å². The molecule has 0 radical (unpaired) electrons. The standard InChI is InChI=1S/C21H23ClN2O4S/c1-14-6-11-19(18(22)13-14)23-21(26)20-5-3-4-12-24(20)29(27,28)17-9-7-16(8-10-17)15(2)25/h6-11,13,20H,3-5,12H2,1-2H3,(H,23,26). The van der Waals surface area contributed by atoms with Gasteiger partial charge in [0.1, 0.15) is 6.04 Å². The second-order valence-electron chi connectivity index (χ2n) is 7.18. The van der Waals surface area contributed by atoms with Gasteiger partial charge in [0.25, 0.3) is 0 Å². The summed E-state index contributed by atoms with van der Waals surface area (Å²) in [6.45, 7) is 3.57. The molecule has 1 amide bonds. The number of nitrogens with one attached hydrogen (secondary N) is 1. The van der Waals surface area contributed by atoms with E-state index in [0.717, 1.165) is 12.0 Å². The Balaban J connectivity index is 1.86. The molecule has 154 valence electrons. The second-order valence-corrected chi connectivity index (χ2v) is 9.48. The molecule has 3 rings (SSSR count). The Hall–Kier alpha value is -2.22. The maximum atomic E-state index is 13.2. The second kappa shape index (κ2) is 8.65. The number of hydrogen-bond acceptors (Lipinski definition) is 4. The molecule has 0 saturated carbocycles. The van der Waals surface area contributed by atoms with Crippen molar-refractivity contribution >= 4 is 39.0 Å². The molecule has 29 heavy (non-hydrogen) atoms. The van der Waals surface area contributed by atoms with Crippen LogP contribution in [0.4, 0.5) is 5.69 Å². The molecular formula is C21H23ClN2O4S. The van der Waals surface area contributed by atoms with Gasteiger partial charge in [0.2, 0.25) is 15.9 Å². The van der Waals surface area contributed by atoms with Crippen molar-refractivity contribution < 1.29 is 18.0 Å². The SMILES string of the molecule is CC(=O)c1ccc(S(=O)(=O)N2CCCCC2C(=O)Nc2ccc(C)cc2Cl)cc1. The predicted octanol–water partition coefficient (Wildman–Crippen LogP) is 4.03. The fourth-order valence-electron chi connectivity index (χ4n) is 3.39. The number of benzene rings is 2. The molecule has 2 aromatic carbocycles. The average Bonchev–Trinajstić information content (AvgIpc) is 2.70. The number of Topliss-reactive ketones (excluding diaryl/α,β-unsaturated/α-hetero) is 1. The number of hydrogen-bond donors (Lipinski definition) is 1. The van der Waals surface area contributed by atoms with E-state index in [1.807, 2.05) is 13.0 Å². The molecular weight excluding hydrogens is 412 g/mol. The Morgan fingerprint density at radius 1 is 1.10 bits per heavy atom. The fraction of sp³-hybridized carbons (Fsp3) is 0.333. The Kier molecular flexibility index (Phi) is 6.41. The van der Waals surface area contributed by atoms with Gasteiger partial charge in [-0.1, -0.05) is 36.2 Å². The van der Waals surface area contributed by atoms with E-state index in [2.05, 4.69) is 5.32 Å². The number of sulfonamides is 1. The molecule has 1 saturated heterocycles. The van der Waals surface area contributed by atoms with Gasteiger partial charge in [0.15, 0.2) is 5.78 Å². The first-order chi connectivity index (χ1) is 13.7. The highest BCUT2D eigenvalue weighted by Gasteiger charge is 2.37. The van der Waals surface area contributed by atoms with Gasteiger partial charge in [0.05, 0.1) is 15.6 Å². The van der Waals surface area contributed by atoms with Crippen molar-refractivity contribution in [2.24, 2.45) is 0 Å². The number of amides is 1. The molecule has 1 aliphatic rings. The molecule has 0 aromatic heterocycles. The summed E-state index contributed by atoms with van der Waals surface area (Å²) in [5.74, 6) is -0.543. The fourth-order valence-corrected chi connectivity index (χ4v) is 5.33. The van der Waals surface area contributed by atoms with Crippen LogP contribution in [0.1, 0.15) is 42.1 Å². The van der Waals surface area contributed by atoms with E-state index in [9.17, 15) is 18.0 Å². The number of anilines is 1. The van der Waals surface area contributed by atoms with Crippen LogP contribution < -0.4 is 5.32 Å².